The van der Waals surface area contributed by atoms with Crippen molar-refractivity contribution in [3.8, 4) is 0 Å². The molecule has 0 aliphatic carbocycles. The summed E-state index contributed by atoms with van der Waals surface area (Å²) in [5.74, 6) is 0. The Balaban J connectivity index is 1.68. The van der Waals surface area contributed by atoms with E-state index in [-0.39, 0.29) is 0 Å². The third kappa shape index (κ3) is 3.15. The molecule has 1 fully saturated rings. The average molecular weight is 252 g/mol. The molecule has 0 bridgehead atoms. The minimum atomic E-state index is 1.02. The zero-order chi connectivity index (χ0) is 12.9. The van der Waals surface area contributed by atoms with Crippen LogP contribution in [-0.2, 0) is 6.42 Å². The summed E-state index contributed by atoms with van der Waals surface area (Å²) in [6.45, 7) is 4.40. The number of benzene rings is 2. The van der Waals surface area contributed by atoms with E-state index < -0.39 is 0 Å². The molecule has 0 radical (unpaired) electrons. The second kappa shape index (κ2) is 5.89. The molecule has 2 nitrogen and oxygen atoms in total. The van der Waals surface area contributed by atoms with Crippen LogP contribution in [0.2, 0.25) is 0 Å². The van der Waals surface area contributed by atoms with E-state index in [1.54, 1.807) is 0 Å². The van der Waals surface area contributed by atoms with Gasteiger partial charge in [0.15, 0.2) is 0 Å². The second-order valence-electron chi connectivity index (χ2n) is 5.07. The molecule has 1 aliphatic heterocycles. The molecule has 98 valence electrons. The van der Waals surface area contributed by atoms with Crippen LogP contribution in [0.4, 0.5) is 5.69 Å². The van der Waals surface area contributed by atoms with Gasteiger partial charge in [0.2, 0.25) is 0 Å². The van der Waals surface area contributed by atoms with E-state index in [1.807, 2.05) is 0 Å². The van der Waals surface area contributed by atoms with E-state index >= 15 is 0 Å². The first kappa shape index (κ1) is 12.2. The van der Waals surface area contributed by atoms with Gasteiger partial charge in [-0.1, -0.05) is 42.5 Å². The number of nitrogens with one attached hydrogen (secondary N) is 1. The SMILES string of the molecule is c1ccc(Cc2ccc(N3CCNCC3)cc2)cc1. The summed E-state index contributed by atoms with van der Waals surface area (Å²) >= 11 is 0. The van der Waals surface area contributed by atoms with Crippen LogP contribution in [0.15, 0.2) is 54.6 Å². The Kier molecular flexibility index (Phi) is 3.80. The van der Waals surface area contributed by atoms with Crippen LogP contribution in [0.5, 0.6) is 0 Å². The number of rotatable bonds is 3. The maximum atomic E-state index is 3.39. The summed E-state index contributed by atoms with van der Waals surface area (Å²) < 4.78 is 0. The second-order valence-corrected chi connectivity index (χ2v) is 5.07. The van der Waals surface area contributed by atoms with E-state index in [9.17, 15) is 0 Å². The van der Waals surface area contributed by atoms with Crippen molar-refractivity contribution < 1.29 is 0 Å². The summed E-state index contributed by atoms with van der Waals surface area (Å²) in [7, 11) is 0. The molecule has 0 saturated carbocycles. The largest absolute Gasteiger partial charge is 0.369 e. The van der Waals surface area contributed by atoms with Crippen molar-refractivity contribution in [2.75, 3.05) is 31.1 Å². The fourth-order valence-electron chi connectivity index (χ4n) is 2.58. The molecule has 0 amide bonds. The van der Waals surface area contributed by atoms with Gasteiger partial charge in [-0.2, -0.15) is 0 Å². The van der Waals surface area contributed by atoms with E-state index in [1.165, 1.54) is 16.8 Å². The molecule has 1 aliphatic rings. The van der Waals surface area contributed by atoms with Gasteiger partial charge >= 0.3 is 0 Å². The van der Waals surface area contributed by atoms with Crippen molar-refractivity contribution in [3.05, 3.63) is 65.7 Å². The fraction of sp³-hybridized carbons (Fsp3) is 0.294. The fourth-order valence-corrected chi connectivity index (χ4v) is 2.58. The number of hydrogen-bond acceptors (Lipinski definition) is 2. The van der Waals surface area contributed by atoms with Crippen molar-refractivity contribution in [2.24, 2.45) is 0 Å². The van der Waals surface area contributed by atoms with Crippen LogP contribution < -0.4 is 10.2 Å². The van der Waals surface area contributed by atoms with Crippen molar-refractivity contribution in [3.63, 3.8) is 0 Å². The monoisotopic (exact) mass is 252 g/mol. The Labute approximate surface area is 115 Å². The predicted octanol–water partition coefficient (Wildman–Crippen LogP) is 2.69. The maximum absolute atomic E-state index is 3.39. The Hall–Kier alpha value is -1.80. The van der Waals surface area contributed by atoms with Crippen molar-refractivity contribution in [2.45, 2.75) is 6.42 Å². The lowest BCUT2D eigenvalue weighted by Crippen LogP contribution is -2.43. The smallest absolute Gasteiger partial charge is 0.0367 e. The standard InChI is InChI=1S/C17H20N2/c1-2-4-15(5-3-1)14-16-6-8-17(9-7-16)19-12-10-18-11-13-19/h1-9,18H,10-14H2. The van der Waals surface area contributed by atoms with Crippen molar-refractivity contribution in [1.82, 2.24) is 5.32 Å². The van der Waals surface area contributed by atoms with Gasteiger partial charge < -0.3 is 10.2 Å². The number of nitrogens with zero attached hydrogens (tertiary/aromatic N) is 1. The molecule has 3 rings (SSSR count). The molecule has 0 atom stereocenters. The van der Waals surface area contributed by atoms with Crippen LogP contribution in [0.1, 0.15) is 11.1 Å². The first-order valence-electron chi connectivity index (χ1n) is 7.00. The summed E-state index contributed by atoms with van der Waals surface area (Å²) in [5, 5.41) is 3.39. The highest BCUT2D eigenvalue weighted by atomic mass is 15.2. The van der Waals surface area contributed by atoms with Gasteiger partial charge in [0.25, 0.3) is 0 Å². The molecule has 0 aromatic heterocycles. The lowest BCUT2D eigenvalue weighted by Gasteiger charge is -2.29. The van der Waals surface area contributed by atoms with Crippen LogP contribution in [0, 0.1) is 0 Å². The van der Waals surface area contributed by atoms with Crippen LogP contribution in [0.25, 0.3) is 0 Å². The van der Waals surface area contributed by atoms with Crippen molar-refractivity contribution >= 4 is 5.69 Å². The third-order valence-electron chi connectivity index (χ3n) is 3.67. The number of hydrogen-bond donors (Lipinski definition) is 1. The quantitative estimate of drug-likeness (QED) is 0.903. The molecular formula is C17H20N2. The Bertz CT molecular complexity index is 499. The molecule has 0 spiro atoms. The summed E-state index contributed by atoms with van der Waals surface area (Å²) in [6.07, 6.45) is 1.02. The Morgan fingerprint density at radius 2 is 1.42 bits per heavy atom. The minimum Gasteiger partial charge on any atom is -0.369 e. The van der Waals surface area contributed by atoms with Crippen LogP contribution in [-0.4, -0.2) is 26.2 Å². The molecular weight excluding hydrogens is 232 g/mol. The Morgan fingerprint density at radius 1 is 0.789 bits per heavy atom. The minimum absolute atomic E-state index is 1.02. The topological polar surface area (TPSA) is 15.3 Å². The Morgan fingerprint density at radius 3 is 2.11 bits per heavy atom. The van der Waals surface area contributed by atoms with Gasteiger partial charge in [-0.15, -0.1) is 0 Å². The molecule has 0 unspecified atom stereocenters. The summed E-state index contributed by atoms with van der Waals surface area (Å²) in [4.78, 5) is 2.45. The summed E-state index contributed by atoms with van der Waals surface area (Å²) in [6, 6.07) is 19.7. The number of piperazine rings is 1. The van der Waals surface area contributed by atoms with Gasteiger partial charge in [0.05, 0.1) is 0 Å². The first-order chi connectivity index (χ1) is 9.42. The third-order valence-corrected chi connectivity index (χ3v) is 3.67. The predicted molar refractivity (Wildman–Crippen MR) is 80.8 cm³/mol. The lowest BCUT2D eigenvalue weighted by molar-refractivity contribution is 0.589. The van der Waals surface area contributed by atoms with Crippen LogP contribution >= 0.6 is 0 Å². The van der Waals surface area contributed by atoms with Gasteiger partial charge in [0, 0.05) is 31.9 Å². The first-order valence-corrected chi connectivity index (χ1v) is 7.00. The number of anilines is 1. The molecule has 1 N–H and O–H groups in total. The highest BCUT2D eigenvalue weighted by Gasteiger charge is 2.09. The van der Waals surface area contributed by atoms with Gasteiger partial charge in [0.1, 0.15) is 0 Å². The average Bonchev–Trinajstić information content (AvgIpc) is 2.50. The van der Waals surface area contributed by atoms with Crippen LogP contribution in [0.3, 0.4) is 0 Å². The zero-order valence-corrected chi connectivity index (χ0v) is 11.2. The van der Waals surface area contributed by atoms with Gasteiger partial charge in [-0.25, -0.2) is 0 Å². The molecule has 1 saturated heterocycles. The van der Waals surface area contributed by atoms with E-state index in [4.69, 9.17) is 0 Å². The van der Waals surface area contributed by atoms with E-state index in [0.717, 1.165) is 32.6 Å². The van der Waals surface area contributed by atoms with Gasteiger partial charge in [-0.05, 0) is 29.7 Å². The molecule has 1 heterocycles. The normalized spacial score (nSPS) is 15.5. The summed E-state index contributed by atoms with van der Waals surface area (Å²) in [5.41, 5.74) is 4.10. The maximum Gasteiger partial charge on any atom is 0.0367 e. The highest BCUT2D eigenvalue weighted by Crippen LogP contribution is 2.17. The van der Waals surface area contributed by atoms with E-state index in [0.29, 0.717) is 0 Å². The lowest BCUT2D eigenvalue weighted by atomic mass is 10.0. The van der Waals surface area contributed by atoms with E-state index in [2.05, 4.69) is 64.8 Å². The zero-order valence-electron chi connectivity index (χ0n) is 11.2. The molecule has 2 aromatic rings. The van der Waals surface area contributed by atoms with Crippen molar-refractivity contribution in [1.29, 1.82) is 0 Å². The van der Waals surface area contributed by atoms with Gasteiger partial charge in [-0.3, -0.25) is 0 Å². The molecule has 2 aromatic carbocycles. The molecule has 19 heavy (non-hydrogen) atoms. The highest BCUT2D eigenvalue weighted by molar-refractivity contribution is 5.48. The molecule has 2 heteroatoms.